The van der Waals surface area contributed by atoms with Gasteiger partial charge in [0.25, 0.3) is 0 Å². The Hall–Kier alpha value is -1.91. The Labute approximate surface area is 112 Å². The Morgan fingerprint density at radius 2 is 1.95 bits per heavy atom. The molecule has 0 amide bonds. The molecule has 0 fully saturated rings. The highest BCUT2D eigenvalue weighted by molar-refractivity contribution is 5.85. The molecule has 1 atom stereocenters. The van der Waals surface area contributed by atoms with Crippen molar-refractivity contribution in [2.45, 2.75) is 12.6 Å². The van der Waals surface area contributed by atoms with Crippen molar-refractivity contribution in [3.63, 3.8) is 0 Å². The lowest BCUT2D eigenvalue weighted by Gasteiger charge is -2.13. The lowest BCUT2D eigenvalue weighted by atomic mass is 10.0. The number of carboxylic acids is 1. The number of benzene rings is 2. The summed E-state index contributed by atoms with van der Waals surface area (Å²) in [6.45, 7) is 1.06. The number of aliphatic carboxylic acids is 1. The van der Waals surface area contributed by atoms with Gasteiger partial charge in [0.1, 0.15) is 6.04 Å². The van der Waals surface area contributed by atoms with E-state index in [1.165, 1.54) is 16.3 Å². The molecule has 0 aliphatic carbocycles. The van der Waals surface area contributed by atoms with Gasteiger partial charge >= 0.3 is 5.97 Å². The van der Waals surface area contributed by atoms with Gasteiger partial charge in [0.15, 0.2) is 0 Å². The van der Waals surface area contributed by atoms with Crippen LogP contribution in [-0.2, 0) is 11.3 Å². The summed E-state index contributed by atoms with van der Waals surface area (Å²) in [5, 5.41) is 17.3. The molecule has 2 rings (SSSR count). The monoisotopic (exact) mass is 258 g/mol. The minimum absolute atomic E-state index is 0.398. The highest BCUT2D eigenvalue weighted by Crippen LogP contribution is 2.18. The Balaban J connectivity index is 2.04. The molecule has 0 aliphatic heterocycles. The smallest absolute Gasteiger partial charge is 0.322 e. The Bertz CT molecular complexity index is 564. The summed E-state index contributed by atoms with van der Waals surface area (Å²) in [4.78, 5) is 10.9. The van der Waals surface area contributed by atoms with Gasteiger partial charge in [-0.25, -0.2) is 0 Å². The average Bonchev–Trinajstić information content (AvgIpc) is 2.43. The van der Waals surface area contributed by atoms with Crippen LogP contribution >= 0.6 is 0 Å². The van der Waals surface area contributed by atoms with E-state index in [0.717, 1.165) is 0 Å². The van der Waals surface area contributed by atoms with Crippen LogP contribution in [0.15, 0.2) is 42.5 Å². The standard InChI is InChI=1S/C15H18N2O2/c1-16-14(15(18)19)10-17-9-12-7-4-6-11-5-2-3-8-13(11)12/h2-8,14,16-17H,9-10H2,1H3,(H,18,19). The maximum atomic E-state index is 10.9. The number of fused-ring (bicyclic) bond motifs is 1. The van der Waals surface area contributed by atoms with Crippen molar-refractivity contribution in [2.24, 2.45) is 0 Å². The maximum absolute atomic E-state index is 10.9. The van der Waals surface area contributed by atoms with Crippen molar-refractivity contribution < 1.29 is 9.90 Å². The highest BCUT2D eigenvalue weighted by atomic mass is 16.4. The first kappa shape index (κ1) is 13.5. The fourth-order valence-electron chi connectivity index (χ4n) is 2.11. The lowest BCUT2D eigenvalue weighted by Crippen LogP contribution is -2.42. The van der Waals surface area contributed by atoms with E-state index in [-0.39, 0.29) is 0 Å². The molecule has 2 aromatic carbocycles. The summed E-state index contributed by atoms with van der Waals surface area (Å²) in [5.41, 5.74) is 1.18. The molecule has 0 radical (unpaired) electrons. The minimum Gasteiger partial charge on any atom is -0.480 e. The number of carboxylic acid groups (broad SMARTS) is 1. The van der Waals surface area contributed by atoms with E-state index in [1.54, 1.807) is 7.05 Å². The van der Waals surface area contributed by atoms with Crippen LogP contribution in [0.5, 0.6) is 0 Å². The quantitative estimate of drug-likeness (QED) is 0.736. The fraction of sp³-hybridized carbons (Fsp3) is 0.267. The van der Waals surface area contributed by atoms with E-state index >= 15 is 0 Å². The third-order valence-electron chi connectivity index (χ3n) is 3.19. The van der Waals surface area contributed by atoms with Crippen molar-refractivity contribution in [3.05, 3.63) is 48.0 Å². The molecule has 100 valence electrons. The molecule has 0 bridgehead atoms. The largest absolute Gasteiger partial charge is 0.480 e. The van der Waals surface area contributed by atoms with Gasteiger partial charge in [-0.1, -0.05) is 42.5 Å². The van der Waals surface area contributed by atoms with Gasteiger partial charge in [0.05, 0.1) is 0 Å². The molecule has 0 heterocycles. The zero-order valence-corrected chi connectivity index (χ0v) is 10.9. The molecule has 3 N–H and O–H groups in total. The van der Waals surface area contributed by atoms with E-state index in [1.807, 2.05) is 18.2 Å². The summed E-state index contributed by atoms with van der Waals surface area (Å²) in [7, 11) is 1.65. The molecule has 1 unspecified atom stereocenters. The molecule has 4 heteroatoms. The second kappa shape index (κ2) is 6.31. The maximum Gasteiger partial charge on any atom is 0.322 e. The van der Waals surface area contributed by atoms with E-state index in [4.69, 9.17) is 5.11 Å². The third kappa shape index (κ3) is 3.30. The summed E-state index contributed by atoms with van der Waals surface area (Å²) >= 11 is 0. The molecule has 0 saturated heterocycles. The normalized spacial score (nSPS) is 12.5. The van der Waals surface area contributed by atoms with Gasteiger partial charge in [-0.15, -0.1) is 0 Å². The Kier molecular flexibility index (Phi) is 4.49. The predicted octanol–water partition coefficient (Wildman–Crippen LogP) is 1.60. The molecule has 19 heavy (non-hydrogen) atoms. The van der Waals surface area contributed by atoms with Gasteiger partial charge < -0.3 is 15.7 Å². The number of carbonyl (C=O) groups is 1. The van der Waals surface area contributed by atoms with Gasteiger partial charge in [0, 0.05) is 13.1 Å². The minimum atomic E-state index is -0.840. The lowest BCUT2D eigenvalue weighted by molar-refractivity contribution is -0.139. The highest BCUT2D eigenvalue weighted by Gasteiger charge is 2.13. The van der Waals surface area contributed by atoms with Crippen LogP contribution in [0.25, 0.3) is 10.8 Å². The zero-order valence-electron chi connectivity index (χ0n) is 10.9. The second-order valence-electron chi connectivity index (χ2n) is 4.45. The first-order valence-electron chi connectivity index (χ1n) is 6.30. The van der Waals surface area contributed by atoms with E-state index in [9.17, 15) is 4.79 Å². The first-order chi connectivity index (χ1) is 9.22. The molecule has 0 aromatic heterocycles. The van der Waals surface area contributed by atoms with Crippen molar-refractivity contribution >= 4 is 16.7 Å². The summed E-state index contributed by atoms with van der Waals surface area (Å²) in [5.74, 6) is -0.840. The molecule has 0 aliphatic rings. The third-order valence-corrected chi connectivity index (χ3v) is 3.19. The van der Waals surface area contributed by atoms with Crippen molar-refractivity contribution in [1.82, 2.24) is 10.6 Å². The fourth-order valence-corrected chi connectivity index (χ4v) is 2.11. The zero-order chi connectivity index (χ0) is 13.7. The summed E-state index contributed by atoms with van der Waals surface area (Å²) in [6, 6.07) is 13.8. The SMILES string of the molecule is CNC(CNCc1cccc2ccccc12)C(=O)O. The van der Waals surface area contributed by atoms with Crippen LogP contribution < -0.4 is 10.6 Å². The van der Waals surface area contributed by atoms with E-state index in [0.29, 0.717) is 13.1 Å². The molecule has 4 nitrogen and oxygen atoms in total. The topological polar surface area (TPSA) is 61.4 Å². The molecular formula is C15H18N2O2. The molecule has 0 saturated carbocycles. The summed E-state index contributed by atoms with van der Waals surface area (Å²) in [6.07, 6.45) is 0. The Morgan fingerprint density at radius 3 is 2.68 bits per heavy atom. The van der Waals surface area contributed by atoms with Crippen LogP contribution in [0, 0.1) is 0 Å². The van der Waals surface area contributed by atoms with Gasteiger partial charge in [-0.2, -0.15) is 0 Å². The van der Waals surface area contributed by atoms with E-state index in [2.05, 4.69) is 34.9 Å². The average molecular weight is 258 g/mol. The number of nitrogens with one attached hydrogen (secondary N) is 2. The van der Waals surface area contributed by atoms with Gasteiger partial charge in [-0.3, -0.25) is 4.79 Å². The molecular weight excluding hydrogens is 240 g/mol. The molecule has 2 aromatic rings. The van der Waals surface area contributed by atoms with Crippen molar-refractivity contribution in [3.8, 4) is 0 Å². The van der Waals surface area contributed by atoms with Crippen LogP contribution in [0.3, 0.4) is 0 Å². The van der Waals surface area contributed by atoms with Gasteiger partial charge in [-0.05, 0) is 23.4 Å². The van der Waals surface area contributed by atoms with Crippen LogP contribution in [0.1, 0.15) is 5.56 Å². The Morgan fingerprint density at radius 1 is 1.21 bits per heavy atom. The number of hydrogen-bond donors (Lipinski definition) is 3. The van der Waals surface area contributed by atoms with E-state index < -0.39 is 12.0 Å². The predicted molar refractivity (Wildman–Crippen MR) is 76.1 cm³/mol. The molecule has 0 spiro atoms. The van der Waals surface area contributed by atoms with Crippen molar-refractivity contribution in [2.75, 3.05) is 13.6 Å². The summed E-state index contributed by atoms with van der Waals surface area (Å²) < 4.78 is 0. The van der Waals surface area contributed by atoms with Crippen molar-refractivity contribution in [1.29, 1.82) is 0 Å². The van der Waals surface area contributed by atoms with Crippen LogP contribution in [-0.4, -0.2) is 30.7 Å². The number of hydrogen-bond acceptors (Lipinski definition) is 3. The van der Waals surface area contributed by atoms with Crippen LogP contribution in [0.2, 0.25) is 0 Å². The number of rotatable bonds is 6. The first-order valence-corrected chi connectivity index (χ1v) is 6.30. The number of likely N-dealkylation sites (N-methyl/N-ethyl adjacent to an activating group) is 1. The van der Waals surface area contributed by atoms with Crippen LogP contribution in [0.4, 0.5) is 0 Å². The van der Waals surface area contributed by atoms with Gasteiger partial charge in [0.2, 0.25) is 0 Å². The second-order valence-corrected chi connectivity index (χ2v) is 4.45.